The largest absolute Gasteiger partial charge is 0.396 e. The number of aliphatic hydroxyl groups is 1. The predicted octanol–water partition coefficient (Wildman–Crippen LogP) is 0.320. The van der Waals surface area contributed by atoms with E-state index in [1.165, 1.54) is 0 Å². The summed E-state index contributed by atoms with van der Waals surface area (Å²) in [5.41, 5.74) is 1.38. The van der Waals surface area contributed by atoms with Gasteiger partial charge in [-0.25, -0.2) is 0 Å². The average Bonchev–Trinajstić information content (AvgIpc) is 3.35. The predicted molar refractivity (Wildman–Crippen MR) is 92.4 cm³/mol. The number of pyridine rings is 1. The van der Waals surface area contributed by atoms with Crippen LogP contribution >= 0.6 is 0 Å². The third-order valence-corrected chi connectivity index (χ3v) is 5.54. The number of rotatable bonds is 3. The van der Waals surface area contributed by atoms with Crippen LogP contribution < -0.4 is 0 Å². The standard InChI is InChI=1S/C18H21N5O3/c1-12-2-3-13(6-19-12)16(25)22-7-14-8-23(10-18(14,9-22)11-24)17(26)15-4-5-20-21-15/h2-6,14,24H,7-11H2,1H3,(H,20,21)/t14-,18+/m1/s1. The first-order valence-corrected chi connectivity index (χ1v) is 8.64. The molecule has 2 aliphatic heterocycles. The van der Waals surface area contributed by atoms with E-state index in [1.54, 1.807) is 34.3 Å². The number of carbonyl (C=O) groups excluding carboxylic acids is 2. The van der Waals surface area contributed by atoms with Crippen molar-refractivity contribution < 1.29 is 14.7 Å². The Hall–Kier alpha value is -2.74. The van der Waals surface area contributed by atoms with E-state index in [2.05, 4.69) is 15.2 Å². The van der Waals surface area contributed by atoms with Gasteiger partial charge in [-0.15, -0.1) is 0 Å². The van der Waals surface area contributed by atoms with Crippen LogP contribution in [0.5, 0.6) is 0 Å². The number of aliphatic hydroxyl groups excluding tert-OH is 1. The number of fused-ring (bicyclic) bond motifs is 1. The Morgan fingerprint density at radius 2 is 1.96 bits per heavy atom. The lowest BCUT2D eigenvalue weighted by atomic mass is 9.82. The number of nitrogens with one attached hydrogen (secondary N) is 1. The van der Waals surface area contributed by atoms with Gasteiger partial charge in [0, 0.05) is 55.6 Å². The van der Waals surface area contributed by atoms with Crippen LogP contribution in [0.25, 0.3) is 0 Å². The van der Waals surface area contributed by atoms with E-state index >= 15 is 0 Å². The van der Waals surface area contributed by atoms with Gasteiger partial charge >= 0.3 is 0 Å². The second-order valence-corrected chi connectivity index (χ2v) is 7.25. The van der Waals surface area contributed by atoms with E-state index in [-0.39, 0.29) is 24.3 Å². The van der Waals surface area contributed by atoms with Gasteiger partial charge in [0.25, 0.3) is 11.8 Å². The van der Waals surface area contributed by atoms with Crippen LogP contribution in [0.1, 0.15) is 26.5 Å². The van der Waals surface area contributed by atoms with E-state index < -0.39 is 5.41 Å². The van der Waals surface area contributed by atoms with Crippen molar-refractivity contribution in [2.75, 3.05) is 32.8 Å². The summed E-state index contributed by atoms with van der Waals surface area (Å²) >= 11 is 0. The maximum absolute atomic E-state index is 12.8. The number of hydrogen-bond acceptors (Lipinski definition) is 5. The van der Waals surface area contributed by atoms with Gasteiger partial charge in [0.15, 0.2) is 0 Å². The third-order valence-electron chi connectivity index (χ3n) is 5.54. The van der Waals surface area contributed by atoms with Gasteiger partial charge in [-0.1, -0.05) is 0 Å². The molecule has 0 saturated carbocycles. The first-order chi connectivity index (χ1) is 12.5. The number of likely N-dealkylation sites (tertiary alicyclic amines) is 2. The van der Waals surface area contributed by atoms with Crippen molar-refractivity contribution in [3.05, 3.63) is 47.5 Å². The summed E-state index contributed by atoms with van der Waals surface area (Å²) in [4.78, 5) is 33.0. The fraction of sp³-hybridized carbons (Fsp3) is 0.444. The molecule has 2 N–H and O–H groups in total. The summed E-state index contributed by atoms with van der Waals surface area (Å²) in [6.07, 6.45) is 3.13. The van der Waals surface area contributed by atoms with Gasteiger partial charge in [0.1, 0.15) is 5.69 Å². The first-order valence-electron chi connectivity index (χ1n) is 8.64. The van der Waals surface area contributed by atoms with Gasteiger partial charge in [0.2, 0.25) is 0 Å². The number of aromatic nitrogens is 3. The molecule has 4 heterocycles. The number of H-pyrrole nitrogens is 1. The minimum atomic E-state index is -0.469. The highest BCUT2D eigenvalue weighted by molar-refractivity contribution is 5.94. The molecule has 4 rings (SSSR count). The Morgan fingerprint density at radius 1 is 1.23 bits per heavy atom. The first kappa shape index (κ1) is 16.7. The molecule has 8 heteroatoms. The molecule has 0 aromatic carbocycles. The summed E-state index contributed by atoms with van der Waals surface area (Å²) < 4.78 is 0. The Balaban J connectivity index is 1.49. The Labute approximate surface area is 150 Å². The summed E-state index contributed by atoms with van der Waals surface area (Å²) in [6, 6.07) is 5.23. The van der Waals surface area contributed by atoms with Gasteiger partial charge in [0.05, 0.1) is 12.2 Å². The van der Waals surface area contributed by atoms with Crippen LogP contribution in [0.2, 0.25) is 0 Å². The van der Waals surface area contributed by atoms with Crippen molar-refractivity contribution in [2.24, 2.45) is 11.3 Å². The Kier molecular flexibility index (Phi) is 3.99. The fourth-order valence-corrected chi connectivity index (χ4v) is 4.04. The lowest BCUT2D eigenvalue weighted by molar-refractivity contribution is 0.0663. The average molecular weight is 355 g/mol. The zero-order chi connectivity index (χ0) is 18.3. The van der Waals surface area contributed by atoms with Crippen LogP contribution in [0.4, 0.5) is 0 Å². The molecule has 0 bridgehead atoms. The van der Waals surface area contributed by atoms with Gasteiger partial charge < -0.3 is 14.9 Å². The quantitative estimate of drug-likeness (QED) is 0.825. The van der Waals surface area contributed by atoms with E-state index in [0.29, 0.717) is 37.4 Å². The second kappa shape index (κ2) is 6.21. The number of amides is 2. The smallest absolute Gasteiger partial charge is 0.271 e. The third kappa shape index (κ3) is 2.66. The minimum absolute atomic E-state index is 0.0552. The zero-order valence-electron chi connectivity index (χ0n) is 14.6. The molecule has 2 atom stereocenters. The van der Waals surface area contributed by atoms with E-state index in [0.717, 1.165) is 5.69 Å². The molecule has 8 nitrogen and oxygen atoms in total. The van der Waals surface area contributed by atoms with Crippen LogP contribution in [0.3, 0.4) is 0 Å². The number of aryl methyl sites for hydroxylation is 1. The molecular formula is C18H21N5O3. The van der Waals surface area contributed by atoms with Gasteiger partial charge in [-0.2, -0.15) is 5.10 Å². The van der Waals surface area contributed by atoms with Crippen molar-refractivity contribution in [2.45, 2.75) is 6.92 Å². The van der Waals surface area contributed by atoms with E-state index in [9.17, 15) is 14.7 Å². The maximum atomic E-state index is 12.8. The van der Waals surface area contributed by atoms with Crippen molar-refractivity contribution in [3.8, 4) is 0 Å². The lowest BCUT2D eigenvalue weighted by Crippen LogP contribution is -2.40. The molecule has 26 heavy (non-hydrogen) atoms. The number of hydrogen-bond donors (Lipinski definition) is 2. The van der Waals surface area contributed by atoms with Gasteiger partial charge in [-0.05, 0) is 25.1 Å². The summed E-state index contributed by atoms with van der Waals surface area (Å²) in [7, 11) is 0. The van der Waals surface area contributed by atoms with Crippen LogP contribution in [0, 0.1) is 18.3 Å². The molecule has 0 spiro atoms. The topological polar surface area (TPSA) is 102 Å². The number of nitrogens with zero attached hydrogens (tertiary/aromatic N) is 4. The summed E-state index contributed by atoms with van der Waals surface area (Å²) in [6.45, 7) is 3.74. The monoisotopic (exact) mass is 355 g/mol. The van der Waals surface area contributed by atoms with Crippen molar-refractivity contribution in [1.29, 1.82) is 0 Å². The van der Waals surface area contributed by atoms with Crippen LogP contribution in [0.15, 0.2) is 30.6 Å². The molecule has 0 radical (unpaired) electrons. The highest BCUT2D eigenvalue weighted by Gasteiger charge is 2.54. The Bertz CT molecular complexity index is 820. The molecule has 2 aromatic heterocycles. The van der Waals surface area contributed by atoms with Crippen LogP contribution in [-0.2, 0) is 0 Å². The number of aromatic amines is 1. The molecule has 0 aliphatic carbocycles. The van der Waals surface area contributed by atoms with Crippen molar-refractivity contribution >= 4 is 11.8 Å². The fourth-order valence-electron chi connectivity index (χ4n) is 4.04. The molecule has 2 fully saturated rings. The SMILES string of the molecule is Cc1ccc(C(=O)N2C[C@@H]3CN(C(=O)c4ccn[nH]4)C[C@]3(CO)C2)cn1. The summed E-state index contributed by atoms with van der Waals surface area (Å²) in [5.74, 6) is -0.141. The number of carbonyl (C=O) groups is 2. The lowest BCUT2D eigenvalue weighted by Gasteiger charge is -2.27. The molecular weight excluding hydrogens is 334 g/mol. The highest BCUT2D eigenvalue weighted by atomic mass is 16.3. The molecule has 2 aliphatic rings. The molecule has 2 amide bonds. The minimum Gasteiger partial charge on any atom is -0.396 e. The van der Waals surface area contributed by atoms with Crippen molar-refractivity contribution in [1.82, 2.24) is 25.0 Å². The Morgan fingerprint density at radius 3 is 2.50 bits per heavy atom. The van der Waals surface area contributed by atoms with E-state index in [4.69, 9.17) is 0 Å². The van der Waals surface area contributed by atoms with E-state index in [1.807, 2.05) is 13.0 Å². The summed E-state index contributed by atoms with van der Waals surface area (Å²) in [5, 5.41) is 16.6. The van der Waals surface area contributed by atoms with Crippen LogP contribution in [-0.4, -0.2) is 74.7 Å². The molecule has 136 valence electrons. The second-order valence-electron chi connectivity index (χ2n) is 7.25. The maximum Gasteiger partial charge on any atom is 0.271 e. The zero-order valence-corrected chi connectivity index (χ0v) is 14.6. The van der Waals surface area contributed by atoms with Gasteiger partial charge in [-0.3, -0.25) is 19.7 Å². The molecule has 2 saturated heterocycles. The van der Waals surface area contributed by atoms with Crippen molar-refractivity contribution in [3.63, 3.8) is 0 Å². The molecule has 2 aromatic rings. The molecule has 0 unspecified atom stereocenters. The highest BCUT2D eigenvalue weighted by Crippen LogP contribution is 2.42. The normalized spacial score (nSPS) is 24.8.